The average molecular weight is 402 g/mol. The number of hydrogen-bond donors (Lipinski definition) is 2. The highest BCUT2D eigenvalue weighted by Gasteiger charge is 2.11. The van der Waals surface area contributed by atoms with Crippen molar-refractivity contribution in [3.05, 3.63) is 89.6 Å². The third kappa shape index (κ3) is 6.45. The normalized spacial score (nSPS) is 10.6. The first kappa shape index (κ1) is 21.6. The molecule has 30 heavy (non-hydrogen) atoms. The number of hydrogen-bond acceptors (Lipinski definition) is 4. The van der Waals surface area contributed by atoms with Crippen LogP contribution in [0.5, 0.6) is 5.75 Å². The van der Waals surface area contributed by atoms with Crippen LogP contribution in [0.4, 0.5) is 5.82 Å². The van der Waals surface area contributed by atoms with Crippen LogP contribution in [0, 0.1) is 5.41 Å². The summed E-state index contributed by atoms with van der Waals surface area (Å²) in [6.07, 6.45) is 7.94. The molecule has 3 rings (SSSR count). The van der Waals surface area contributed by atoms with Gasteiger partial charge in [-0.25, -0.2) is 4.98 Å². The Balaban J connectivity index is 1.63. The van der Waals surface area contributed by atoms with Crippen LogP contribution in [0.25, 0.3) is 0 Å². The van der Waals surface area contributed by atoms with E-state index in [0.29, 0.717) is 12.3 Å². The molecule has 0 atom stereocenters. The summed E-state index contributed by atoms with van der Waals surface area (Å²) in [6.45, 7) is 3.61. The maximum atomic E-state index is 8.74. The summed E-state index contributed by atoms with van der Waals surface area (Å²) in [7, 11) is 0. The molecule has 1 aromatic heterocycles. The van der Waals surface area contributed by atoms with Gasteiger partial charge in [-0.3, -0.25) is 5.41 Å². The van der Waals surface area contributed by atoms with Crippen molar-refractivity contribution in [2.75, 3.05) is 11.9 Å². The summed E-state index contributed by atoms with van der Waals surface area (Å²) >= 11 is 0. The van der Waals surface area contributed by atoms with Gasteiger partial charge >= 0.3 is 0 Å². The monoisotopic (exact) mass is 401 g/mol. The Kier molecular flexibility index (Phi) is 8.46. The van der Waals surface area contributed by atoms with Gasteiger partial charge in [0.15, 0.2) is 0 Å². The van der Waals surface area contributed by atoms with Crippen LogP contribution in [0.3, 0.4) is 0 Å². The summed E-state index contributed by atoms with van der Waals surface area (Å²) in [4.78, 5) is 4.47. The summed E-state index contributed by atoms with van der Waals surface area (Å²) < 4.78 is 5.93. The molecular formula is C26H31N3O. The Labute approximate surface area is 179 Å². The number of benzene rings is 2. The molecule has 3 aromatic rings. The van der Waals surface area contributed by atoms with E-state index in [1.54, 1.807) is 6.20 Å². The van der Waals surface area contributed by atoms with Gasteiger partial charge < -0.3 is 10.1 Å². The van der Waals surface area contributed by atoms with Gasteiger partial charge in [0.25, 0.3) is 0 Å². The third-order valence-electron chi connectivity index (χ3n) is 5.02. The molecule has 0 fully saturated rings. The van der Waals surface area contributed by atoms with Crippen molar-refractivity contribution in [3.63, 3.8) is 0 Å². The Morgan fingerprint density at radius 1 is 0.933 bits per heavy atom. The molecule has 0 saturated carbocycles. The van der Waals surface area contributed by atoms with Gasteiger partial charge in [-0.1, -0.05) is 75.1 Å². The number of rotatable bonds is 12. The Morgan fingerprint density at radius 2 is 1.77 bits per heavy atom. The molecule has 4 nitrogen and oxygen atoms in total. The fourth-order valence-corrected chi connectivity index (χ4v) is 3.32. The zero-order valence-electron chi connectivity index (χ0n) is 17.7. The first-order valence-electron chi connectivity index (χ1n) is 10.8. The van der Waals surface area contributed by atoms with Gasteiger partial charge in [-0.15, -0.1) is 0 Å². The van der Waals surface area contributed by atoms with Crippen molar-refractivity contribution in [1.82, 2.24) is 4.98 Å². The summed E-state index contributed by atoms with van der Waals surface area (Å²) in [5, 5.41) is 12.2. The van der Waals surface area contributed by atoms with Crippen molar-refractivity contribution in [1.29, 1.82) is 5.41 Å². The first-order valence-corrected chi connectivity index (χ1v) is 10.8. The topological polar surface area (TPSA) is 58.0 Å². The number of anilines is 1. The SMILES string of the molecule is CCCCCCCNc1ncccc1C(=N)c1cccc(OCc2ccccc2)c1. The minimum absolute atomic E-state index is 0.446. The maximum absolute atomic E-state index is 8.74. The van der Waals surface area contributed by atoms with E-state index in [0.717, 1.165) is 41.2 Å². The Morgan fingerprint density at radius 3 is 2.60 bits per heavy atom. The minimum Gasteiger partial charge on any atom is -0.489 e. The smallest absolute Gasteiger partial charge is 0.135 e. The number of unbranched alkanes of at least 4 members (excludes halogenated alkanes) is 4. The van der Waals surface area contributed by atoms with Crippen molar-refractivity contribution in [3.8, 4) is 5.75 Å². The molecule has 156 valence electrons. The number of pyridine rings is 1. The van der Waals surface area contributed by atoms with E-state index >= 15 is 0 Å². The molecule has 1 heterocycles. The lowest BCUT2D eigenvalue weighted by Crippen LogP contribution is -2.11. The molecule has 0 spiro atoms. The Bertz CT molecular complexity index is 924. The van der Waals surface area contributed by atoms with E-state index in [4.69, 9.17) is 10.1 Å². The Hall–Kier alpha value is -3.14. The molecule has 0 unspecified atom stereocenters. The predicted octanol–water partition coefficient (Wildman–Crippen LogP) is 6.46. The van der Waals surface area contributed by atoms with Crippen molar-refractivity contribution in [2.45, 2.75) is 45.6 Å². The molecular weight excluding hydrogens is 370 g/mol. The van der Waals surface area contributed by atoms with Gasteiger partial charge in [0.2, 0.25) is 0 Å². The molecule has 0 aliphatic heterocycles. The molecule has 0 aliphatic carbocycles. The molecule has 2 aromatic carbocycles. The van der Waals surface area contributed by atoms with E-state index < -0.39 is 0 Å². The van der Waals surface area contributed by atoms with Crippen LogP contribution in [-0.4, -0.2) is 17.2 Å². The number of ether oxygens (including phenoxy) is 1. The summed E-state index contributed by atoms with van der Waals surface area (Å²) in [5.41, 5.74) is 3.20. The van der Waals surface area contributed by atoms with Crippen LogP contribution >= 0.6 is 0 Å². The largest absolute Gasteiger partial charge is 0.489 e. The van der Waals surface area contributed by atoms with Crippen LogP contribution in [0.1, 0.15) is 55.7 Å². The molecule has 0 radical (unpaired) electrons. The van der Waals surface area contributed by atoms with E-state index in [1.807, 2.05) is 66.7 Å². The highest BCUT2D eigenvalue weighted by Crippen LogP contribution is 2.21. The van der Waals surface area contributed by atoms with E-state index in [2.05, 4.69) is 17.2 Å². The molecule has 2 N–H and O–H groups in total. The van der Waals surface area contributed by atoms with Gasteiger partial charge in [-0.05, 0) is 36.2 Å². The van der Waals surface area contributed by atoms with Crippen LogP contribution in [0.2, 0.25) is 0 Å². The highest BCUT2D eigenvalue weighted by molar-refractivity contribution is 6.13. The predicted molar refractivity (Wildman–Crippen MR) is 125 cm³/mol. The van der Waals surface area contributed by atoms with Crippen LogP contribution in [0.15, 0.2) is 72.9 Å². The average Bonchev–Trinajstić information content (AvgIpc) is 2.81. The number of aromatic nitrogens is 1. The second-order valence-corrected chi connectivity index (χ2v) is 7.42. The summed E-state index contributed by atoms with van der Waals surface area (Å²) in [6, 6.07) is 21.7. The lowest BCUT2D eigenvalue weighted by atomic mass is 10.0. The van der Waals surface area contributed by atoms with E-state index in [1.165, 1.54) is 25.7 Å². The minimum atomic E-state index is 0.446. The zero-order valence-corrected chi connectivity index (χ0v) is 17.7. The lowest BCUT2D eigenvalue weighted by Gasteiger charge is -2.13. The van der Waals surface area contributed by atoms with E-state index in [-0.39, 0.29) is 0 Å². The lowest BCUT2D eigenvalue weighted by molar-refractivity contribution is 0.306. The van der Waals surface area contributed by atoms with E-state index in [9.17, 15) is 0 Å². The van der Waals surface area contributed by atoms with Crippen molar-refractivity contribution < 1.29 is 4.74 Å². The fourth-order valence-electron chi connectivity index (χ4n) is 3.32. The second kappa shape index (κ2) is 11.8. The fraction of sp³-hybridized carbons (Fsp3) is 0.308. The van der Waals surface area contributed by atoms with Gasteiger partial charge in [0.1, 0.15) is 18.2 Å². The molecule has 0 bridgehead atoms. The van der Waals surface area contributed by atoms with Crippen molar-refractivity contribution >= 4 is 11.5 Å². The molecule has 0 aliphatic rings. The highest BCUT2D eigenvalue weighted by atomic mass is 16.5. The van der Waals surface area contributed by atoms with Crippen LogP contribution in [-0.2, 0) is 6.61 Å². The van der Waals surface area contributed by atoms with Gasteiger partial charge in [-0.2, -0.15) is 0 Å². The zero-order chi connectivity index (χ0) is 21.0. The number of nitrogens with one attached hydrogen (secondary N) is 2. The first-order chi connectivity index (χ1) is 14.8. The quantitative estimate of drug-likeness (QED) is 0.270. The summed E-state index contributed by atoms with van der Waals surface area (Å²) in [5.74, 6) is 1.53. The maximum Gasteiger partial charge on any atom is 0.135 e. The standard InChI is InChI=1S/C26H31N3O/c1-2-3-4-5-9-17-28-26-24(16-11-18-29-26)25(27)22-14-10-15-23(19-22)30-20-21-12-7-6-8-13-21/h6-8,10-16,18-19,27H,2-5,9,17,20H2,1H3,(H,28,29). The van der Waals surface area contributed by atoms with Gasteiger partial charge in [0, 0.05) is 23.9 Å². The number of nitrogens with zero attached hydrogens (tertiary/aromatic N) is 1. The second-order valence-electron chi connectivity index (χ2n) is 7.42. The molecule has 0 amide bonds. The molecule has 0 saturated heterocycles. The third-order valence-corrected chi connectivity index (χ3v) is 5.02. The van der Waals surface area contributed by atoms with Crippen molar-refractivity contribution in [2.24, 2.45) is 0 Å². The van der Waals surface area contributed by atoms with Crippen LogP contribution < -0.4 is 10.1 Å². The molecule has 4 heteroatoms. The van der Waals surface area contributed by atoms with Gasteiger partial charge in [0.05, 0.1) is 5.71 Å².